The molecule has 0 heterocycles. The summed E-state index contributed by atoms with van der Waals surface area (Å²) >= 11 is 8.15. The lowest BCUT2D eigenvalue weighted by Gasteiger charge is -2.16. The Morgan fingerprint density at radius 3 is 2.71 bits per heavy atom. The SMILES string of the molecule is CCCC(CC)NC(=O)c1ccc(I)c(Cl)c1. The number of amides is 1. The fourth-order valence-electron chi connectivity index (χ4n) is 1.63. The van der Waals surface area contributed by atoms with E-state index in [1.807, 2.05) is 12.1 Å². The van der Waals surface area contributed by atoms with E-state index in [2.05, 4.69) is 41.8 Å². The van der Waals surface area contributed by atoms with Crippen molar-refractivity contribution in [1.29, 1.82) is 0 Å². The van der Waals surface area contributed by atoms with Crippen molar-refractivity contribution in [3.63, 3.8) is 0 Å². The van der Waals surface area contributed by atoms with E-state index in [0.29, 0.717) is 10.6 Å². The van der Waals surface area contributed by atoms with E-state index in [4.69, 9.17) is 11.6 Å². The summed E-state index contributed by atoms with van der Waals surface area (Å²) in [6.07, 6.45) is 3.05. The van der Waals surface area contributed by atoms with Crippen molar-refractivity contribution in [3.05, 3.63) is 32.4 Å². The highest BCUT2D eigenvalue weighted by molar-refractivity contribution is 14.1. The normalized spacial score (nSPS) is 12.2. The second-order valence-electron chi connectivity index (χ2n) is 4.00. The van der Waals surface area contributed by atoms with Gasteiger partial charge in [0.15, 0.2) is 0 Å². The molecule has 1 rings (SSSR count). The minimum absolute atomic E-state index is 0.0383. The van der Waals surface area contributed by atoms with Crippen LogP contribution in [0.25, 0.3) is 0 Å². The fraction of sp³-hybridized carbons (Fsp3) is 0.462. The summed E-state index contributed by atoms with van der Waals surface area (Å²) in [7, 11) is 0. The smallest absolute Gasteiger partial charge is 0.251 e. The number of benzene rings is 1. The molecular formula is C13H17ClINO. The van der Waals surface area contributed by atoms with Gasteiger partial charge in [0.2, 0.25) is 0 Å². The zero-order chi connectivity index (χ0) is 12.8. The molecule has 0 bridgehead atoms. The zero-order valence-electron chi connectivity index (χ0n) is 10.1. The molecular weight excluding hydrogens is 349 g/mol. The average Bonchev–Trinajstić information content (AvgIpc) is 2.31. The molecule has 1 atom stereocenters. The molecule has 0 fully saturated rings. The first-order chi connectivity index (χ1) is 8.08. The molecule has 0 aliphatic rings. The van der Waals surface area contributed by atoms with E-state index < -0.39 is 0 Å². The van der Waals surface area contributed by atoms with Crippen molar-refractivity contribution in [1.82, 2.24) is 5.32 Å². The molecule has 1 aromatic carbocycles. The Hall–Kier alpha value is -0.290. The van der Waals surface area contributed by atoms with Crippen molar-refractivity contribution in [2.45, 2.75) is 39.2 Å². The molecule has 0 aliphatic heterocycles. The Balaban J connectivity index is 2.72. The molecule has 0 spiro atoms. The van der Waals surface area contributed by atoms with Crippen LogP contribution in [0.2, 0.25) is 5.02 Å². The minimum Gasteiger partial charge on any atom is -0.349 e. The van der Waals surface area contributed by atoms with Gasteiger partial charge >= 0.3 is 0 Å². The third-order valence-corrected chi connectivity index (χ3v) is 4.22. The first kappa shape index (κ1) is 14.8. The van der Waals surface area contributed by atoms with Gasteiger partial charge in [0.05, 0.1) is 5.02 Å². The van der Waals surface area contributed by atoms with Gasteiger partial charge in [-0.05, 0) is 53.6 Å². The van der Waals surface area contributed by atoms with Crippen molar-refractivity contribution in [2.24, 2.45) is 0 Å². The molecule has 1 aromatic rings. The third-order valence-electron chi connectivity index (χ3n) is 2.65. The van der Waals surface area contributed by atoms with Crippen molar-refractivity contribution >= 4 is 40.1 Å². The predicted molar refractivity (Wildman–Crippen MR) is 80.6 cm³/mol. The Kier molecular flexibility index (Phi) is 6.27. The summed E-state index contributed by atoms with van der Waals surface area (Å²) in [5.74, 6) is -0.0383. The lowest BCUT2D eigenvalue weighted by Crippen LogP contribution is -2.34. The van der Waals surface area contributed by atoms with Crippen LogP contribution in [-0.4, -0.2) is 11.9 Å². The highest BCUT2D eigenvalue weighted by atomic mass is 127. The number of carbonyl (C=O) groups is 1. The van der Waals surface area contributed by atoms with Crippen LogP contribution in [0.15, 0.2) is 18.2 Å². The Morgan fingerprint density at radius 1 is 1.47 bits per heavy atom. The molecule has 2 nitrogen and oxygen atoms in total. The second-order valence-corrected chi connectivity index (χ2v) is 5.57. The largest absolute Gasteiger partial charge is 0.349 e. The molecule has 1 amide bonds. The summed E-state index contributed by atoms with van der Waals surface area (Å²) in [5.41, 5.74) is 0.630. The maximum atomic E-state index is 12.0. The predicted octanol–water partition coefficient (Wildman–Crippen LogP) is 4.25. The maximum Gasteiger partial charge on any atom is 0.251 e. The van der Waals surface area contributed by atoms with Gasteiger partial charge in [0.1, 0.15) is 0 Å². The Morgan fingerprint density at radius 2 is 2.18 bits per heavy atom. The minimum atomic E-state index is -0.0383. The van der Waals surface area contributed by atoms with E-state index in [1.54, 1.807) is 6.07 Å². The maximum absolute atomic E-state index is 12.0. The molecule has 94 valence electrons. The van der Waals surface area contributed by atoms with Crippen molar-refractivity contribution in [3.8, 4) is 0 Å². The van der Waals surface area contributed by atoms with Crippen LogP contribution in [-0.2, 0) is 0 Å². The van der Waals surface area contributed by atoms with Gasteiger partial charge < -0.3 is 5.32 Å². The van der Waals surface area contributed by atoms with Crippen LogP contribution in [0.3, 0.4) is 0 Å². The van der Waals surface area contributed by atoms with E-state index in [0.717, 1.165) is 22.8 Å². The van der Waals surface area contributed by atoms with Crippen LogP contribution in [0.5, 0.6) is 0 Å². The topological polar surface area (TPSA) is 29.1 Å². The molecule has 1 unspecified atom stereocenters. The van der Waals surface area contributed by atoms with Crippen molar-refractivity contribution in [2.75, 3.05) is 0 Å². The first-order valence-electron chi connectivity index (χ1n) is 5.84. The molecule has 0 radical (unpaired) electrons. The second kappa shape index (κ2) is 7.21. The van der Waals surface area contributed by atoms with Gasteiger partial charge in [-0.2, -0.15) is 0 Å². The lowest BCUT2D eigenvalue weighted by molar-refractivity contribution is 0.0933. The van der Waals surface area contributed by atoms with Crippen LogP contribution >= 0.6 is 34.2 Å². The molecule has 17 heavy (non-hydrogen) atoms. The monoisotopic (exact) mass is 365 g/mol. The average molecular weight is 366 g/mol. The Bertz CT molecular complexity index is 395. The highest BCUT2D eigenvalue weighted by Gasteiger charge is 2.12. The quantitative estimate of drug-likeness (QED) is 0.776. The van der Waals surface area contributed by atoms with Crippen LogP contribution in [0.1, 0.15) is 43.5 Å². The molecule has 0 aliphatic carbocycles. The van der Waals surface area contributed by atoms with Crippen LogP contribution < -0.4 is 5.32 Å². The number of hydrogen-bond donors (Lipinski definition) is 1. The number of hydrogen-bond acceptors (Lipinski definition) is 1. The van der Waals surface area contributed by atoms with Gasteiger partial charge in [-0.1, -0.05) is 31.9 Å². The number of halogens is 2. The zero-order valence-corrected chi connectivity index (χ0v) is 13.0. The van der Waals surface area contributed by atoms with Gasteiger partial charge in [0, 0.05) is 15.2 Å². The van der Waals surface area contributed by atoms with E-state index >= 15 is 0 Å². The van der Waals surface area contributed by atoms with E-state index in [9.17, 15) is 4.79 Å². The van der Waals surface area contributed by atoms with Gasteiger partial charge in [-0.15, -0.1) is 0 Å². The van der Waals surface area contributed by atoms with E-state index in [1.165, 1.54) is 0 Å². The number of rotatable bonds is 5. The highest BCUT2D eigenvalue weighted by Crippen LogP contribution is 2.19. The standard InChI is InChI=1S/C13H17ClINO/c1-3-5-10(4-2)16-13(17)9-6-7-12(15)11(14)8-9/h6-8,10H,3-5H2,1-2H3,(H,16,17). The number of carbonyl (C=O) groups excluding carboxylic acids is 1. The summed E-state index contributed by atoms with van der Waals surface area (Å²) in [6, 6.07) is 5.64. The summed E-state index contributed by atoms with van der Waals surface area (Å²) in [5, 5.41) is 3.66. The van der Waals surface area contributed by atoms with Crippen LogP contribution in [0, 0.1) is 3.57 Å². The fourth-order valence-corrected chi connectivity index (χ4v) is 2.15. The van der Waals surface area contributed by atoms with Gasteiger partial charge in [-0.25, -0.2) is 0 Å². The molecule has 1 N–H and O–H groups in total. The lowest BCUT2D eigenvalue weighted by atomic mass is 10.1. The Labute approximate surface area is 121 Å². The van der Waals surface area contributed by atoms with Gasteiger partial charge in [0.25, 0.3) is 5.91 Å². The molecule has 4 heteroatoms. The summed E-state index contributed by atoms with van der Waals surface area (Å²) in [4.78, 5) is 12.0. The van der Waals surface area contributed by atoms with E-state index in [-0.39, 0.29) is 11.9 Å². The van der Waals surface area contributed by atoms with Crippen LogP contribution in [0.4, 0.5) is 0 Å². The molecule has 0 saturated heterocycles. The molecule has 0 aromatic heterocycles. The summed E-state index contributed by atoms with van der Waals surface area (Å²) in [6.45, 7) is 4.21. The van der Waals surface area contributed by atoms with Gasteiger partial charge in [-0.3, -0.25) is 4.79 Å². The third kappa shape index (κ3) is 4.47. The first-order valence-corrected chi connectivity index (χ1v) is 7.30. The summed E-state index contributed by atoms with van der Waals surface area (Å²) < 4.78 is 0.960. The van der Waals surface area contributed by atoms with Crippen molar-refractivity contribution < 1.29 is 4.79 Å². The molecule has 0 saturated carbocycles. The number of nitrogens with one attached hydrogen (secondary N) is 1.